The second-order valence-electron chi connectivity index (χ2n) is 7.30. The molecule has 0 saturated carbocycles. The summed E-state index contributed by atoms with van der Waals surface area (Å²) in [4.78, 5) is 18.1. The van der Waals surface area contributed by atoms with Crippen molar-refractivity contribution >= 4 is 39.6 Å². The number of sulfonamides is 1. The van der Waals surface area contributed by atoms with Crippen LogP contribution in [0.4, 0.5) is 5.69 Å². The molecule has 0 radical (unpaired) electrons. The van der Waals surface area contributed by atoms with Crippen molar-refractivity contribution in [3.05, 3.63) is 71.5 Å². The Morgan fingerprint density at radius 3 is 2.64 bits per heavy atom. The van der Waals surface area contributed by atoms with E-state index in [0.29, 0.717) is 33.1 Å². The lowest BCUT2D eigenvalue weighted by atomic mass is 10.1. The van der Waals surface area contributed by atoms with Crippen molar-refractivity contribution < 1.29 is 17.9 Å². The Kier molecular flexibility index (Phi) is 7.67. The SMILES string of the molecule is COc1cncc(-c2ccc(NC(=O)Cc3ccccc3Cl)cc2S(=O)(=O)N=CN(C)C)c1. The number of aromatic nitrogens is 1. The van der Waals surface area contributed by atoms with Crippen LogP contribution in [0.3, 0.4) is 0 Å². The summed E-state index contributed by atoms with van der Waals surface area (Å²) in [5, 5.41) is 3.21. The van der Waals surface area contributed by atoms with Crippen LogP contribution in [0.2, 0.25) is 5.02 Å². The Morgan fingerprint density at radius 2 is 1.94 bits per heavy atom. The summed E-state index contributed by atoms with van der Waals surface area (Å²) in [6.45, 7) is 0. The number of methoxy groups -OCH3 is 1. The molecular formula is C23H23ClN4O4S. The van der Waals surface area contributed by atoms with Gasteiger partial charge in [-0.05, 0) is 29.8 Å². The van der Waals surface area contributed by atoms with Crippen molar-refractivity contribution in [2.45, 2.75) is 11.3 Å². The maximum Gasteiger partial charge on any atom is 0.284 e. The van der Waals surface area contributed by atoms with Crippen LogP contribution in [0.1, 0.15) is 5.56 Å². The minimum Gasteiger partial charge on any atom is -0.495 e. The Hall–Kier alpha value is -3.43. The predicted octanol–water partition coefficient (Wildman–Crippen LogP) is 3.87. The largest absolute Gasteiger partial charge is 0.495 e. The molecule has 0 aliphatic heterocycles. The maximum absolute atomic E-state index is 13.1. The predicted molar refractivity (Wildman–Crippen MR) is 129 cm³/mol. The van der Waals surface area contributed by atoms with Crippen molar-refractivity contribution in [2.75, 3.05) is 26.5 Å². The topological polar surface area (TPSA) is 101 Å². The van der Waals surface area contributed by atoms with E-state index in [1.807, 2.05) is 0 Å². The van der Waals surface area contributed by atoms with Crippen LogP contribution in [0.15, 0.2) is 70.2 Å². The van der Waals surface area contributed by atoms with E-state index in [9.17, 15) is 13.2 Å². The molecule has 0 spiro atoms. The third kappa shape index (κ3) is 6.30. The molecule has 0 saturated heterocycles. The molecule has 2 aromatic carbocycles. The number of carbonyl (C=O) groups excluding carboxylic acids is 1. The molecule has 0 aliphatic rings. The van der Waals surface area contributed by atoms with Gasteiger partial charge in [-0.15, -0.1) is 4.40 Å². The molecule has 1 N–H and O–H groups in total. The molecule has 172 valence electrons. The molecule has 1 heterocycles. The lowest BCUT2D eigenvalue weighted by molar-refractivity contribution is -0.115. The van der Waals surface area contributed by atoms with E-state index in [2.05, 4.69) is 14.7 Å². The number of nitrogens with one attached hydrogen (secondary N) is 1. The van der Waals surface area contributed by atoms with Gasteiger partial charge in [0.25, 0.3) is 10.0 Å². The fourth-order valence-electron chi connectivity index (χ4n) is 2.96. The summed E-state index contributed by atoms with van der Waals surface area (Å²) in [6.07, 6.45) is 4.29. The number of hydrogen-bond donors (Lipinski definition) is 1. The first-order chi connectivity index (χ1) is 15.7. The van der Waals surface area contributed by atoms with Gasteiger partial charge in [-0.2, -0.15) is 8.42 Å². The second-order valence-corrected chi connectivity index (χ2v) is 9.31. The summed E-state index contributed by atoms with van der Waals surface area (Å²) in [5.41, 5.74) is 1.88. The lowest BCUT2D eigenvalue weighted by Gasteiger charge is -2.13. The van der Waals surface area contributed by atoms with Gasteiger partial charge in [0, 0.05) is 42.1 Å². The average Bonchev–Trinajstić information content (AvgIpc) is 2.79. The van der Waals surface area contributed by atoms with Crippen molar-refractivity contribution in [3.63, 3.8) is 0 Å². The number of halogens is 1. The van der Waals surface area contributed by atoms with Crippen LogP contribution in [0, 0.1) is 0 Å². The molecule has 3 aromatic rings. The van der Waals surface area contributed by atoms with Gasteiger partial charge >= 0.3 is 0 Å². The second kappa shape index (κ2) is 10.5. The molecule has 0 unspecified atom stereocenters. The van der Waals surface area contributed by atoms with Crippen molar-refractivity contribution in [2.24, 2.45) is 4.40 Å². The Morgan fingerprint density at radius 1 is 1.18 bits per heavy atom. The highest BCUT2D eigenvalue weighted by Crippen LogP contribution is 2.32. The fourth-order valence-corrected chi connectivity index (χ4v) is 4.33. The molecule has 0 bridgehead atoms. The molecule has 8 nitrogen and oxygen atoms in total. The van der Waals surface area contributed by atoms with Gasteiger partial charge in [-0.1, -0.05) is 35.9 Å². The molecule has 0 atom stereocenters. The number of pyridine rings is 1. The Balaban J connectivity index is 2.00. The van der Waals surface area contributed by atoms with Gasteiger partial charge in [-0.3, -0.25) is 9.78 Å². The summed E-state index contributed by atoms with van der Waals surface area (Å²) >= 11 is 6.13. The standard InChI is InChI=1S/C23H23ClN4O4S/c1-28(2)15-26-33(30,31)22-12-18(27-23(29)11-16-6-4-5-7-21(16)24)8-9-20(22)17-10-19(32-3)14-25-13-17/h4-10,12-15H,11H2,1-3H3,(H,27,29). The summed E-state index contributed by atoms with van der Waals surface area (Å²) in [7, 11) is 0.735. The number of ether oxygens (including phenoxy) is 1. The quantitative estimate of drug-likeness (QED) is 0.383. The number of hydrogen-bond acceptors (Lipinski definition) is 5. The van der Waals surface area contributed by atoms with Gasteiger partial charge in [0.05, 0.1) is 24.6 Å². The molecular weight excluding hydrogens is 464 g/mol. The van der Waals surface area contributed by atoms with E-state index in [-0.39, 0.29) is 17.2 Å². The lowest BCUT2D eigenvalue weighted by Crippen LogP contribution is -2.15. The highest BCUT2D eigenvalue weighted by atomic mass is 35.5. The number of anilines is 1. The van der Waals surface area contributed by atoms with Crippen LogP contribution in [-0.4, -0.2) is 51.8 Å². The van der Waals surface area contributed by atoms with Crippen LogP contribution < -0.4 is 10.1 Å². The number of nitrogens with zero attached hydrogens (tertiary/aromatic N) is 3. The van der Waals surface area contributed by atoms with Crippen molar-refractivity contribution in [1.29, 1.82) is 0 Å². The third-order valence-electron chi connectivity index (χ3n) is 4.53. The molecule has 10 heteroatoms. The zero-order valence-electron chi connectivity index (χ0n) is 18.3. The summed E-state index contributed by atoms with van der Waals surface area (Å²) in [6, 6.07) is 13.3. The van der Waals surface area contributed by atoms with Gasteiger partial charge < -0.3 is 15.0 Å². The van der Waals surface area contributed by atoms with Gasteiger partial charge in [0.2, 0.25) is 5.91 Å². The molecule has 1 amide bonds. The highest BCUT2D eigenvalue weighted by molar-refractivity contribution is 7.90. The van der Waals surface area contributed by atoms with Gasteiger partial charge in [0.15, 0.2) is 0 Å². The molecule has 3 rings (SSSR count). The van der Waals surface area contributed by atoms with Crippen LogP contribution >= 0.6 is 11.6 Å². The first-order valence-electron chi connectivity index (χ1n) is 9.83. The van der Waals surface area contributed by atoms with E-state index in [0.717, 1.165) is 0 Å². The van der Waals surface area contributed by atoms with Gasteiger partial charge in [0.1, 0.15) is 12.1 Å². The summed E-state index contributed by atoms with van der Waals surface area (Å²) < 4.78 is 35.1. The monoisotopic (exact) mass is 486 g/mol. The van der Waals surface area contributed by atoms with E-state index < -0.39 is 10.0 Å². The highest BCUT2D eigenvalue weighted by Gasteiger charge is 2.21. The van der Waals surface area contributed by atoms with Gasteiger partial charge in [-0.25, -0.2) is 0 Å². The van der Waals surface area contributed by atoms with Crippen molar-refractivity contribution in [3.8, 4) is 16.9 Å². The van der Waals surface area contributed by atoms with E-state index in [1.165, 1.54) is 36.8 Å². The van der Waals surface area contributed by atoms with E-state index in [4.69, 9.17) is 16.3 Å². The van der Waals surface area contributed by atoms with Crippen LogP contribution in [-0.2, 0) is 21.2 Å². The zero-order valence-corrected chi connectivity index (χ0v) is 19.9. The number of rotatable bonds is 8. The Labute approximate surface area is 197 Å². The third-order valence-corrected chi connectivity index (χ3v) is 6.16. The molecule has 33 heavy (non-hydrogen) atoms. The van der Waals surface area contributed by atoms with Crippen LogP contribution in [0.5, 0.6) is 5.75 Å². The minimum absolute atomic E-state index is 0.0437. The molecule has 1 aromatic heterocycles. The van der Waals surface area contributed by atoms with Crippen LogP contribution in [0.25, 0.3) is 11.1 Å². The smallest absolute Gasteiger partial charge is 0.284 e. The normalized spacial score (nSPS) is 11.4. The first-order valence-corrected chi connectivity index (χ1v) is 11.6. The Bertz CT molecular complexity index is 1290. The van der Waals surface area contributed by atoms with E-state index in [1.54, 1.807) is 56.6 Å². The number of carbonyl (C=O) groups is 1. The van der Waals surface area contributed by atoms with Crippen molar-refractivity contribution in [1.82, 2.24) is 9.88 Å². The summed E-state index contributed by atoms with van der Waals surface area (Å²) in [5.74, 6) is 0.142. The minimum atomic E-state index is -4.09. The number of benzene rings is 2. The number of amides is 1. The average molecular weight is 487 g/mol. The van der Waals surface area contributed by atoms with E-state index >= 15 is 0 Å². The maximum atomic E-state index is 13.1. The molecule has 0 fully saturated rings. The fraction of sp³-hybridized carbons (Fsp3) is 0.174. The molecule has 0 aliphatic carbocycles. The zero-order chi connectivity index (χ0) is 24.0. The first kappa shape index (κ1) is 24.2.